The summed E-state index contributed by atoms with van der Waals surface area (Å²) in [5.74, 6) is 7.04. The number of pyridine rings is 2. The molecule has 0 unspecified atom stereocenters. The monoisotopic (exact) mass is 837 g/mol. The maximum atomic E-state index is 8.25. The van der Waals surface area contributed by atoms with Crippen LogP contribution in [0.5, 0.6) is 0 Å². The molecular formula is C39H34GeIrN2S-2. The number of hydrogen-bond acceptors (Lipinski definition) is 3. The Hall–Kier alpha value is -3.41. The van der Waals surface area contributed by atoms with E-state index in [1.807, 2.05) is 54.7 Å². The normalized spacial score (nSPS) is 14.0. The van der Waals surface area contributed by atoms with Crippen molar-refractivity contribution in [3.05, 3.63) is 139 Å². The van der Waals surface area contributed by atoms with Gasteiger partial charge >= 0.3 is 117 Å². The molecule has 0 aliphatic carbocycles. The first-order valence-electron chi connectivity index (χ1n) is 17.9. The van der Waals surface area contributed by atoms with Crippen molar-refractivity contribution in [2.45, 2.75) is 31.0 Å². The summed E-state index contributed by atoms with van der Waals surface area (Å²) in [6, 6.07) is 27.3. The minimum Gasteiger partial charge on any atom is -0.305 e. The first-order chi connectivity index (χ1) is 24.1. The second-order valence-corrected chi connectivity index (χ2v) is 22.9. The second-order valence-electron chi connectivity index (χ2n) is 11.2. The van der Waals surface area contributed by atoms with E-state index in [2.05, 4.69) is 52.4 Å². The average molecular weight is 836 g/mol. The van der Waals surface area contributed by atoms with Gasteiger partial charge in [-0.3, -0.25) is 0 Å². The first kappa shape index (κ1) is 23.0. The number of rotatable bonds is 4. The molecule has 0 spiro atoms. The third-order valence-corrected chi connectivity index (χ3v) is 12.8. The van der Waals surface area contributed by atoms with Crippen molar-refractivity contribution in [1.29, 1.82) is 0 Å². The summed E-state index contributed by atoms with van der Waals surface area (Å²) in [6.45, 7) is 0.0375. The molecule has 3 aromatic heterocycles. The van der Waals surface area contributed by atoms with E-state index in [0.717, 1.165) is 42.7 Å². The topological polar surface area (TPSA) is 25.8 Å². The number of thiophene rings is 1. The smallest absolute Gasteiger partial charge is 0.0629 e. The summed E-state index contributed by atoms with van der Waals surface area (Å²) in [5.41, 5.74) is 5.86. The zero-order valence-electron chi connectivity index (χ0n) is 32.7. The van der Waals surface area contributed by atoms with Gasteiger partial charge in [-0.05, 0) is 39.0 Å². The molecule has 1 radical (unpaired) electrons. The van der Waals surface area contributed by atoms with Crippen molar-refractivity contribution >= 4 is 49.2 Å². The van der Waals surface area contributed by atoms with Crippen LogP contribution in [0.15, 0.2) is 115 Å². The Morgan fingerprint density at radius 1 is 0.841 bits per heavy atom. The fourth-order valence-electron chi connectivity index (χ4n) is 5.06. The molecule has 0 aliphatic rings. The van der Waals surface area contributed by atoms with Crippen LogP contribution in [0.1, 0.15) is 22.1 Å². The molecule has 0 saturated carbocycles. The van der Waals surface area contributed by atoms with Gasteiger partial charge in [0.05, 0.1) is 6.85 Å². The number of aryl methyl sites for hydroxylation is 2. The molecule has 3 heterocycles. The number of aromatic nitrogens is 2. The van der Waals surface area contributed by atoms with Crippen molar-refractivity contribution < 1.29 is 31.1 Å². The Labute approximate surface area is 292 Å². The minimum atomic E-state index is -2.08. The molecule has 0 atom stereocenters. The van der Waals surface area contributed by atoms with Crippen LogP contribution in [-0.4, -0.2) is 23.2 Å². The zero-order valence-corrected chi connectivity index (χ0v) is 30.0. The van der Waals surface area contributed by atoms with Crippen LogP contribution in [-0.2, 0) is 20.1 Å². The van der Waals surface area contributed by atoms with Gasteiger partial charge < -0.3 is 4.98 Å². The van der Waals surface area contributed by atoms with Crippen molar-refractivity contribution in [3.8, 4) is 33.6 Å². The van der Waals surface area contributed by atoms with Gasteiger partial charge in [-0.25, -0.2) is 0 Å². The summed E-state index contributed by atoms with van der Waals surface area (Å²) >= 11 is -0.297. The molecule has 7 aromatic rings. The summed E-state index contributed by atoms with van der Waals surface area (Å²) in [4.78, 5) is 8.99. The van der Waals surface area contributed by atoms with Crippen LogP contribution in [0, 0.1) is 25.9 Å². The van der Waals surface area contributed by atoms with E-state index >= 15 is 0 Å². The molecule has 0 saturated heterocycles. The van der Waals surface area contributed by atoms with Gasteiger partial charge in [0.2, 0.25) is 0 Å². The van der Waals surface area contributed by atoms with Gasteiger partial charge in [-0.15, -0.1) is 23.8 Å². The van der Waals surface area contributed by atoms with Crippen LogP contribution < -0.4 is 4.40 Å². The molecule has 5 heteroatoms. The van der Waals surface area contributed by atoms with Crippen molar-refractivity contribution in [3.63, 3.8) is 0 Å². The van der Waals surface area contributed by atoms with E-state index in [0.29, 0.717) is 11.1 Å². The van der Waals surface area contributed by atoms with E-state index in [-0.39, 0.29) is 55.9 Å². The van der Waals surface area contributed by atoms with E-state index < -0.39 is 20.1 Å². The molecule has 44 heavy (non-hydrogen) atoms. The molecule has 0 amide bonds. The molecular weight excluding hydrogens is 793 g/mol. The Kier molecular flexibility index (Phi) is 7.17. The summed E-state index contributed by atoms with van der Waals surface area (Å²) in [5, 5.41) is 2.14. The standard InChI is InChI=1S/C23H14NS.C16H20GeN.Ir/c1-2-7-16(8-3-1)17-12-13-18-19-9-6-10-20(21-11-4-5-14-24-21)23(19)25-22(18)15-17;1-12-6-8-14(9-7-12)16-10-13(2)15(11-18-16)17(3,4)5;/h1-9,11-15H;6-8,10-11H,1-5H3;/q2*-1;/i1D,2D,3D,7D,8D;1D3;. The molecule has 0 aliphatic heterocycles. The van der Waals surface area contributed by atoms with Crippen LogP contribution in [0.3, 0.4) is 0 Å². The minimum absolute atomic E-state index is 0. The molecule has 0 bridgehead atoms. The van der Waals surface area contributed by atoms with Crippen LogP contribution >= 0.6 is 11.3 Å². The molecule has 0 fully saturated rings. The van der Waals surface area contributed by atoms with Crippen LogP contribution in [0.25, 0.3) is 53.8 Å². The third-order valence-electron chi connectivity index (χ3n) is 7.15. The Bertz CT molecular complexity index is 2380. The van der Waals surface area contributed by atoms with Crippen molar-refractivity contribution in [2.75, 3.05) is 0 Å². The number of hydrogen-bond donors (Lipinski definition) is 0. The largest absolute Gasteiger partial charge is 0.305 e. The quantitative estimate of drug-likeness (QED) is 0.130. The zero-order chi connectivity index (χ0) is 36.8. The van der Waals surface area contributed by atoms with Crippen molar-refractivity contribution in [1.82, 2.24) is 9.97 Å². The van der Waals surface area contributed by atoms with Gasteiger partial charge in [-0.2, -0.15) is 11.3 Å². The molecule has 0 N–H and O–H groups in total. The predicted octanol–water partition coefficient (Wildman–Crippen LogP) is 10.3. The SMILES string of the molecule is [2H]C([2H])([2H])c1c[c-]c(-c2cc(C)[c]([Ge]([CH3])([CH3])[CH3])cn2)cc1.[2H]c1c([2H])c([2H])c(-c2ccc3c(c2)sc2c(-c4ccccn4)[c-]ccc23)c([2H])c1[2H].[Ir]. The summed E-state index contributed by atoms with van der Waals surface area (Å²) < 4.78 is 65.8. The van der Waals surface area contributed by atoms with Gasteiger partial charge in [0.15, 0.2) is 0 Å². The fraction of sp³-hybridized carbons (Fsp3) is 0.128. The van der Waals surface area contributed by atoms with Gasteiger partial charge in [-0.1, -0.05) is 59.9 Å². The Morgan fingerprint density at radius 3 is 2.36 bits per heavy atom. The maximum Gasteiger partial charge on any atom is 0.0629 e. The first-order valence-corrected chi connectivity index (χ1v) is 22.1. The maximum absolute atomic E-state index is 8.25. The summed E-state index contributed by atoms with van der Waals surface area (Å²) in [6.07, 6.45) is 3.74. The van der Waals surface area contributed by atoms with E-state index in [1.54, 1.807) is 29.7 Å². The van der Waals surface area contributed by atoms with Gasteiger partial charge in [0.25, 0.3) is 0 Å². The molecule has 2 nitrogen and oxygen atoms in total. The number of benzene rings is 4. The number of fused-ring (bicyclic) bond motifs is 3. The van der Waals surface area contributed by atoms with Crippen LogP contribution in [0.4, 0.5) is 0 Å². The number of nitrogens with zero attached hydrogens (tertiary/aromatic N) is 2. The van der Waals surface area contributed by atoms with Crippen LogP contribution in [0.2, 0.25) is 17.3 Å². The van der Waals surface area contributed by atoms with E-state index in [9.17, 15) is 0 Å². The van der Waals surface area contributed by atoms with Gasteiger partial charge in [0, 0.05) is 31.0 Å². The Balaban J connectivity index is 0.000000210. The molecule has 7 rings (SSSR count). The fourth-order valence-corrected chi connectivity index (χ4v) is 9.89. The third kappa shape index (κ3) is 6.95. The second kappa shape index (κ2) is 13.7. The van der Waals surface area contributed by atoms with Crippen molar-refractivity contribution in [2.24, 2.45) is 0 Å². The van der Waals surface area contributed by atoms with E-state index in [1.165, 1.54) is 16.0 Å². The predicted molar refractivity (Wildman–Crippen MR) is 188 cm³/mol. The van der Waals surface area contributed by atoms with E-state index in [4.69, 9.17) is 11.0 Å². The van der Waals surface area contributed by atoms with Gasteiger partial charge in [0.1, 0.15) is 0 Å². The molecule has 221 valence electrons. The average Bonchev–Trinajstić information content (AvgIpc) is 3.48. The Morgan fingerprint density at radius 2 is 1.68 bits per heavy atom. The summed E-state index contributed by atoms with van der Waals surface area (Å²) in [7, 11) is 0. The molecule has 4 aromatic carbocycles.